The number of hydrogen-bond donors (Lipinski definition) is 1. The summed E-state index contributed by atoms with van der Waals surface area (Å²) in [6.07, 6.45) is 18.3. The summed E-state index contributed by atoms with van der Waals surface area (Å²) in [5.41, 5.74) is 6.17. The molecule has 1 N–H and O–H groups in total. The lowest BCUT2D eigenvalue weighted by Gasteiger charge is -2.33. The second-order valence-corrected chi connectivity index (χ2v) is 7.86. The molecule has 0 bridgehead atoms. The SMILES string of the molecule is CC1=C(/C=C/C2=C(/C=C/CCC(=O)O)CCCC2)C(C)(C)CCC1. The maximum atomic E-state index is 10.6. The van der Waals surface area contributed by atoms with Gasteiger partial charge < -0.3 is 5.11 Å². The van der Waals surface area contributed by atoms with Gasteiger partial charge in [-0.05, 0) is 80.4 Å². The molecule has 2 aliphatic rings. The predicted molar refractivity (Wildman–Crippen MR) is 101 cm³/mol. The van der Waals surface area contributed by atoms with E-state index in [9.17, 15) is 4.79 Å². The molecule has 0 fully saturated rings. The standard InChI is InChI=1S/C22H32O2/c1-17-9-8-16-22(2,3)20(17)15-14-19-12-5-4-10-18(19)11-6-7-13-21(23)24/h6,11,14-15H,4-5,7-10,12-13,16H2,1-3H3,(H,23,24)/b11-6+,15-14+. The maximum absolute atomic E-state index is 10.6. The summed E-state index contributed by atoms with van der Waals surface area (Å²) < 4.78 is 0. The van der Waals surface area contributed by atoms with Gasteiger partial charge in [-0.25, -0.2) is 0 Å². The zero-order valence-electron chi connectivity index (χ0n) is 15.5. The first-order valence-electron chi connectivity index (χ1n) is 9.39. The van der Waals surface area contributed by atoms with Gasteiger partial charge in [0.2, 0.25) is 0 Å². The van der Waals surface area contributed by atoms with Gasteiger partial charge in [-0.15, -0.1) is 0 Å². The number of hydrogen-bond acceptors (Lipinski definition) is 1. The van der Waals surface area contributed by atoms with E-state index in [-0.39, 0.29) is 11.8 Å². The van der Waals surface area contributed by atoms with E-state index in [1.807, 2.05) is 6.08 Å². The lowest BCUT2D eigenvalue weighted by molar-refractivity contribution is -0.136. The molecule has 0 aromatic carbocycles. The van der Waals surface area contributed by atoms with Crippen molar-refractivity contribution >= 4 is 5.97 Å². The van der Waals surface area contributed by atoms with Crippen LogP contribution < -0.4 is 0 Å². The van der Waals surface area contributed by atoms with Crippen LogP contribution in [0, 0.1) is 5.41 Å². The van der Waals surface area contributed by atoms with E-state index in [0.29, 0.717) is 6.42 Å². The smallest absolute Gasteiger partial charge is 0.303 e. The van der Waals surface area contributed by atoms with Gasteiger partial charge in [0.25, 0.3) is 0 Å². The van der Waals surface area contributed by atoms with Crippen molar-refractivity contribution in [3.05, 3.63) is 46.6 Å². The van der Waals surface area contributed by atoms with Crippen LogP contribution in [0.25, 0.3) is 0 Å². The summed E-state index contributed by atoms with van der Waals surface area (Å²) in [5.74, 6) is -0.723. The highest BCUT2D eigenvalue weighted by Crippen LogP contribution is 2.41. The molecule has 0 saturated heterocycles. The molecule has 2 aliphatic carbocycles. The van der Waals surface area contributed by atoms with E-state index < -0.39 is 5.97 Å². The second-order valence-electron chi connectivity index (χ2n) is 7.86. The van der Waals surface area contributed by atoms with Gasteiger partial charge in [0, 0.05) is 6.42 Å². The molecule has 0 heterocycles. The van der Waals surface area contributed by atoms with Crippen LogP contribution in [0.5, 0.6) is 0 Å². The van der Waals surface area contributed by atoms with Gasteiger partial charge in [-0.2, -0.15) is 0 Å². The minimum absolute atomic E-state index is 0.217. The summed E-state index contributed by atoms with van der Waals surface area (Å²) >= 11 is 0. The number of aliphatic carboxylic acids is 1. The van der Waals surface area contributed by atoms with Crippen molar-refractivity contribution in [2.45, 2.75) is 78.6 Å². The second kappa shape index (κ2) is 8.50. The number of carboxylic acids is 1. The molecule has 0 aliphatic heterocycles. The Bertz CT molecular complexity index is 585. The van der Waals surface area contributed by atoms with Crippen LogP contribution in [-0.4, -0.2) is 11.1 Å². The molecule has 2 heteroatoms. The van der Waals surface area contributed by atoms with Crippen molar-refractivity contribution in [1.82, 2.24) is 0 Å². The van der Waals surface area contributed by atoms with Crippen molar-refractivity contribution in [2.75, 3.05) is 0 Å². The van der Waals surface area contributed by atoms with Crippen LogP contribution in [0.4, 0.5) is 0 Å². The van der Waals surface area contributed by atoms with E-state index in [2.05, 4.69) is 39.0 Å². The third-order valence-corrected chi connectivity index (χ3v) is 5.39. The average Bonchev–Trinajstić information content (AvgIpc) is 2.51. The fraction of sp³-hybridized carbons (Fsp3) is 0.591. The van der Waals surface area contributed by atoms with E-state index in [1.54, 1.807) is 0 Å². The Morgan fingerprint density at radius 3 is 2.33 bits per heavy atom. The van der Waals surface area contributed by atoms with E-state index in [0.717, 1.165) is 12.8 Å². The molecule has 0 amide bonds. The lowest BCUT2D eigenvalue weighted by Crippen LogP contribution is -2.19. The first-order chi connectivity index (χ1) is 11.4. The van der Waals surface area contributed by atoms with Gasteiger partial charge in [0.15, 0.2) is 0 Å². The van der Waals surface area contributed by atoms with E-state index >= 15 is 0 Å². The fourth-order valence-electron chi connectivity index (χ4n) is 3.96. The molecule has 0 unspecified atom stereocenters. The molecule has 24 heavy (non-hydrogen) atoms. The number of carboxylic acid groups (broad SMARTS) is 1. The van der Waals surface area contributed by atoms with Gasteiger partial charge in [-0.1, -0.05) is 43.7 Å². The summed E-state index contributed by atoms with van der Waals surface area (Å²) in [6.45, 7) is 7.00. The Morgan fingerprint density at radius 1 is 1.04 bits per heavy atom. The summed E-state index contributed by atoms with van der Waals surface area (Å²) in [4.78, 5) is 10.6. The van der Waals surface area contributed by atoms with Gasteiger partial charge in [-0.3, -0.25) is 4.79 Å². The summed E-state index contributed by atoms with van der Waals surface area (Å²) in [7, 11) is 0. The minimum Gasteiger partial charge on any atom is -0.481 e. The molecular formula is C22H32O2. The number of carbonyl (C=O) groups is 1. The molecular weight excluding hydrogens is 296 g/mol. The third-order valence-electron chi connectivity index (χ3n) is 5.39. The predicted octanol–water partition coefficient (Wildman–Crippen LogP) is 6.36. The molecule has 2 nitrogen and oxygen atoms in total. The first-order valence-corrected chi connectivity index (χ1v) is 9.39. The lowest BCUT2D eigenvalue weighted by atomic mass is 9.72. The van der Waals surface area contributed by atoms with Gasteiger partial charge in [0.05, 0.1) is 0 Å². The maximum Gasteiger partial charge on any atom is 0.303 e. The first kappa shape index (κ1) is 18.8. The highest BCUT2D eigenvalue weighted by Gasteiger charge is 2.26. The van der Waals surface area contributed by atoms with Crippen LogP contribution in [0.15, 0.2) is 46.6 Å². The molecule has 0 aromatic heterocycles. The molecule has 0 saturated carbocycles. The number of allylic oxidation sites excluding steroid dienone is 8. The van der Waals surface area contributed by atoms with Crippen LogP contribution in [0.2, 0.25) is 0 Å². The van der Waals surface area contributed by atoms with Crippen molar-refractivity contribution in [3.63, 3.8) is 0 Å². The fourth-order valence-corrected chi connectivity index (χ4v) is 3.96. The van der Waals surface area contributed by atoms with Crippen LogP contribution in [-0.2, 0) is 4.79 Å². The monoisotopic (exact) mass is 328 g/mol. The Balaban J connectivity index is 2.16. The largest absolute Gasteiger partial charge is 0.481 e. The van der Waals surface area contributed by atoms with Crippen LogP contribution >= 0.6 is 0 Å². The molecule has 0 aromatic rings. The normalized spacial score (nSPS) is 22.0. The molecule has 0 atom stereocenters. The quantitative estimate of drug-likeness (QED) is 0.616. The van der Waals surface area contributed by atoms with Crippen LogP contribution in [0.3, 0.4) is 0 Å². The molecule has 0 radical (unpaired) electrons. The topological polar surface area (TPSA) is 37.3 Å². The Kier molecular flexibility index (Phi) is 6.65. The van der Waals surface area contributed by atoms with E-state index in [4.69, 9.17) is 5.11 Å². The van der Waals surface area contributed by atoms with E-state index in [1.165, 1.54) is 54.4 Å². The zero-order valence-corrected chi connectivity index (χ0v) is 15.5. The Morgan fingerprint density at radius 2 is 1.71 bits per heavy atom. The number of rotatable bonds is 6. The van der Waals surface area contributed by atoms with Crippen molar-refractivity contribution < 1.29 is 9.90 Å². The third kappa shape index (κ3) is 5.22. The van der Waals surface area contributed by atoms with Gasteiger partial charge in [0.1, 0.15) is 0 Å². The minimum atomic E-state index is -0.723. The van der Waals surface area contributed by atoms with Crippen molar-refractivity contribution in [1.29, 1.82) is 0 Å². The highest BCUT2D eigenvalue weighted by molar-refractivity contribution is 5.66. The van der Waals surface area contributed by atoms with Crippen LogP contribution in [0.1, 0.15) is 78.6 Å². The van der Waals surface area contributed by atoms with Gasteiger partial charge >= 0.3 is 5.97 Å². The van der Waals surface area contributed by atoms with Crippen molar-refractivity contribution in [2.24, 2.45) is 5.41 Å². The van der Waals surface area contributed by atoms with Crippen molar-refractivity contribution in [3.8, 4) is 0 Å². The zero-order chi connectivity index (χ0) is 17.6. The molecule has 0 spiro atoms. The Hall–Kier alpha value is -1.57. The highest BCUT2D eigenvalue weighted by atomic mass is 16.4. The summed E-state index contributed by atoms with van der Waals surface area (Å²) in [6, 6.07) is 0. The molecule has 2 rings (SSSR count). The Labute approximate surface area is 147 Å². The summed E-state index contributed by atoms with van der Waals surface area (Å²) in [5, 5.41) is 8.74. The average molecular weight is 328 g/mol. The molecule has 132 valence electrons.